The summed E-state index contributed by atoms with van der Waals surface area (Å²) < 4.78 is 10.5. The molecule has 0 saturated carbocycles. The molecule has 0 atom stereocenters. The lowest BCUT2D eigenvalue weighted by atomic mass is 10.2. The van der Waals surface area contributed by atoms with Crippen molar-refractivity contribution in [3.8, 4) is 0 Å². The Labute approximate surface area is 161 Å². The molecule has 7 nitrogen and oxygen atoms in total. The number of furan rings is 2. The number of hydrogen-bond donors (Lipinski definition) is 1. The molecular formula is C19H21N3O4S. The van der Waals surface area contributed by atoms with Crippen LogP contribution in [-0.4, -0.2) is 21.7 Å². The van der Waals surface area contributed by atoms with E-state index >= 15 is 0 Å². The molecule has 0 fully saturated rings. The molecule has 0 saturated heterocycles. The molecule has 1 N–H and O–H groups in total. The van der Waals surface area contributed by atoms with Crippen LogP contribution in [0.2, 0.25) is 0 Å². The summed E-state index contributed by atoms with van der Waals surface area (Å²) in [7, 11) is 0. The predicted octanol–water partition coefficient (Wildman–Crippen LogP) is 3.44. The first kappa shape index (κ1) is 18.9. The number of carbonyl (C=O) groups is 2. The van der Waals surface area contributed by atoms with Crippen LogP contribution in [-0.2, 0) is 24.4 Å². The summed E-state index contributed by atoms with van der Waals surface area (Å²) in [4.78, 5) is 30.8. The Morgan fingerprint density at radius 3 is 2.48 bits per heavy atom. The van der Waals surface area contributed by atoms with Crippen molar-refractivity contribution in [3.63, 3.8) is 0 Å². The topological polar surface area (TPSA) is 88.6 Å². The Hall–Kier alpha value is -2.87. The van der Waals surface area contributed by atoms with Gasteiger partial charge in [0.1, 0.15) is 22.2 Å². The molecule has 0 aromatic carbocycles. The van der Waals surface area contributed by atoms with Gasteiger partial charge in [-0.1, -0.05) is 13.8 Å². The Kier molecular flexibility index (Phi) is 6.08. The first-order valence-corrected chi connectivity index (χ1v) is 9.47. The molecule has 0 bridgehead atoms. The number of thiazole rings is 1. The molecule has 0 unspecified atom stereocenters. The summed E-state index contributed by atoms with van der Waals surface area (Å²) in [6, 6.07) is 7.17. The summed E-state index contributed by atoms with van der Waals surface area (Å²) in [5.74, 6) is 0.964. The maximum atomic E-state index is 12.5. The molecule has 3 aromatic rings. The first-order chi connectivity index (χ1) is 13.0. The van der Waals surface area contributed by atoms with E-state index in [2.05, 4.69) is 10.3 Å². The molecule has 0 aliphatic heterocycles. The summed E-state index contributed by atoms with van der Waals surface area (Å²) in [6.07, 6.45) is 3.14. The minimum absolute atomic E-state index is 0.00502. The van der Waals surface area contributed by atoms with Crippen molar-refractivity contribution in [2.24, 2.45) is 5.92 Å². The highest BCUT2D eigenvalue weighted by Crippen LogP contribution is 2.17. The number of rotatable bonds is 8. The number of hydrogen-bond acceptors (Lipinski definition) is 6. The van der Waals surface area contributed by atoms with Crippen LogP contribution in [0.4, 0.5) is 0 Å². The van der Waals surface area contributed by atoms with Crippen molar-refractivity contribution in [3.05, 3.63) is 64.4 Å². The molecule has 3 heterocycles. The zero-order valence-electron chi connectivity index (χ0n) is 15.2. The van der Waals surface area contributed by atoms with E-state index in [1.54, 1.807) is 41.0 Å². The largest absolute Gasteiger partial charge is 0.467 e. The van der Waals surface area contributed by atoms with Gasteiger partial charge in [-0.15, -0.1) is 11.3 Å². The predicted molar refractivity (Wildman–Crippen MR) is 99.8 cm³/mol. The van der Waals surface area contributed by atoms with Crippen molar-refractivity contribution in [2.75, 3.05) is 0 Å². The molecular weight excluding hydrogens is 366 g/mol. The molecule has 2 amide bonds. The molecule has 0 spiro atoms. The standard InChI is InChI=1S/C19H21N3O4S/c1-13(2)19(24)22(10-15-6-4-8-26-15)11-17-21-16(12-27-17)18(23)20-9-14-5-3-7-25-14/h3-8,12-13H,9-11H2,1-2H3,(H,20,23). The highest BCUT2D eigenvalue weighted by Gasteiger charge is 2.21. The Bertz CT molecular complexity index is 869. The van der Waals surface area contributed by atoms with Crippen molar-refractivity contribution in [1.82, 2.24) is 15.2 Å². The van der Waals surface area contributed by atoms with Gasteiger partial charge in [-0.2, -0.15) is 0 Å². The van der Waals surface area contributed by atoms with Crippen molar-refractivity contribution >= 4 is 23.2 Å². The van der Waals surface area contributed by atoms with Crippen LogP contribution >= 0.6 is 11.3 Å². The van der Waals surface area contributed by atoms with Crippen molar-refractivity contribution in [2.45, 2.75) is 33.5 Å². The molecule has 27 heavy (non-hydrogen) atoms. The van der Waals surface area contributed by atoms with E-state index in [4.69, 9.17) is 8.83 Å². The first-order valence-electron chi connectivity index (χ1n) is 8.59. The van der Waals surface area contributed by atoms with Gasteiger partial charge in [-0.05, 0) is 24.3 Å². The molecule has 3 aromatic heterocycles. The van der Waals surface area contributed by atoms with Crippen LogP contribution in [0.3, 0.4) is 0 Å². The molecule has 0 radical (unpaired) electrons. The minimum atomic E-state index is -0.276. The lowest BCUT2D eigenvalue weighted by Crippen LogP contribution is -2.33. The fourth-order valence-corrected chi connectivity index (χ4v) is 3.28. The van der Waals surface area contributed by atoms with Crippen LogP contribution in [0.5, 0.6) is 0 Å². The summed E-state index contributed by atoms with van der Waals surface area (Å²) in [5.41, 5.74) is 0.330. The zero-order valence-corrected chi connectivity index (χ0v) is 16.0. The monoisotopic (exact) mass is 387 g/mol. The van der Waals surface area contributed by atoms with Crippen LogP contribution in [0.1, 0.15) is 40.9 Å². The van der Waals surface area contributed by atoms with Crippen LogP contribution < -0.4 is 5.32 Å². The second-order valence-corrected chi connectivity index (χ2v) is 7.26. The van der Waals surface area contributed by atoms with Gasteiger partial charge in [0.25, 0.3) is 5.91 Å². The molecule has 0 aliphatic carbocycles. The zero-order chi connectivity index (χ0) is 19.2. The van der Waals surface area contributed by atoms with Gasteiger partial charge < -0.3 is 19.1 Å². The van der Waals surface area contributed by atoms with Gasteiger partial charge in [-0.3, -0.25) is 9.59 Å². The van der Waals surface area contributed by atoms with E-state index in [1.165, 1.54) is 11.3 Å². The van der Waals surface area contributed by atoms with Gasteiger partial charge in [0.05, 0.1) is 32.2 Å². The lowest BCUT2D eigenvalue weighted by molar-refractivity contribution is -0.136. The summed E-state index contributed by atoms with van der Waals surface area (Å²) >= 11 is 1.35. The smallest absolute Gasteiger partial charge is 0.271 e. The van der Waals surface area contributed by atoms with Gasteiger partial charge in [0.2, 0.25) is 5.91 Å². The van der Waals surface area contributed by atoms with Gasteiger partial charge in [0, 0.05) is 11.3 Å². The van der Waals surface area contributed by atoms with Gasteiger partial charge in [-0.25, -0.2) is 4.98 Å². The van der Waals surface area contributed by atoms with Crippen molar-refractivity contribution in [1.29, 1.82) is 0 Å². The van der Waals surface area contributed by atoms with Gasteiger partial charge in [0.15, 0.2) is 0 Å². The quantitative estimate of drug-likeness (QED) is 0.640. The minimum Gasteiger partial charge on any atom is -0.467 e. The summed E-state index contributed by atoms with van der Waals surface area (Å²) in [5, 5.41) is 5.15. The van der Waals surface area contributed by atoms with Crippen molar-refractivity contribution < 1.29 is 18.4 Å². The highest BCUT2D eigenvalue weighted by atomic mass is 32.1. The van der Waals surface area contributed by atoms with E-state index in [0.717, 1.165) is 0 Å². The number of nitrogens with one attached hydrogen (secondary N) is 1. The SMILES string of the molecule is CC(C)C(=O)N(Cc1ccco1)Cc1nc(C(=O)NCc2ccco2)cs1. The van der Waals surface area contributed by atoms with E-state index in [-0.39, 0.29) is 17.7 Å². The molecule has 142 valence electrons. The maximum absolute atomic E-state index is 12.5. The van der Waals surface area contributed by atoms with Crippen LogP contribution in [0.25, 0.3) is 0 Å². The average Bonchev–Trinajstić information content (AvgIpc) is 3.40. The normalized spacial score (nSPS) is 10.9. The molecule has 0 aliphatic rings. The van der Waals surface area contributed by atoms with Crippen LogP contribution in [0.15, 0.2) is 51.0 Å². The Balaban J connectivity index is 1.64. The van der Waals surface area contributed by atoms with E-state index in [1.807, 2.05) is 19.9 Å². The third-order valence-corrected chi connectivity index (χ3v) is 4.68. The number of amides is 2. The fourth-order valence-electron chi connectivity index (χ4n) is 2.49. The fraction of sp³-hybridized carbons (Fsp3) is 0.316. The second-order valence-electron chi connectivity index (χ2n) is 6.32. The second kappa shape index (κ2) is 8.68. The Morgan fingerprint density at radius 2 is 1.85 bits per heavy atom. The highest BCUT2D eigenvalue weighted by molar-refractivity contribution is 7.09. The Morgan fingerprint density at radius 1 is 1.15 bits per heavy atom. The number of carbonyl (C=O) groups excluding carboxylic acids is 2. The van der Waals surface area contributed by atoms with Gasteiger partial charge >= 0.3 is 0 Å². The van der Waals surface area contributed by atoms with Crippen LogP contribution in [0, 0.1) is 5.92 Å². The van der Waals surface area contributed by atoms with E-state index in [0.29, 0.717) is 41.9 Å². The van der Waals surface area contributed by atoms with E-state index in [9.17, 15) is 9.59 Å². The lowest BCUT2D eigenvalue weighted by Gasteiger charge is -2.22. The third kappa shape index (κ3) is 5.07. The average molecular weight is 387 g/mol. The molecule has 3 rings (SSSR count). The maximum Gasteiger partial charge on any atom is 0.271 e. The molecule has 8 heteroatoms. The number of aromatic nitrogens is 1. The number of nitrogens with zero attached hydrogens (tertiary/aromatic N) is 2. The summed E-state index contributed by atoms with van der Waals surface area (Å²) in [6.45, 7) is 4.70. The van der Waals surface area contributed by atoms with E-state index < -0.39 is 0 Å². The third-order valence-electron chi connectivity index (χ3n) is 3.85.